The van der Waals surface area contributed by atoms with Gasteiger partial charge >= 0.3 is 6.18 Å². The maximum atomic E-state index is 12.6. The molecule has 0 radical (unpaired) electrons. The van der Waals surface area contributed by atoms with Crippen molar-refractivity contribution < 1.29 is 18.0 Å². The molecule has 3 nitrogen and oxygen atoms in total. The molecule has 0 bridgehead atoms. The molecule has 2 N–H and O–H groups in total. The van der Waals surface area contributed by atoms with Crippen LogP contribution in [0.5, 0.6) is 0 Å². The van der Waals surface area contributed by atoms with E-state index in [0.717, 1.165) is 30.6 Å². The van der Waals surface area contributed by atoms with Crippen molar-refractivity contribution in [3.05, 3.63) is 0 Å². The SMILES string of the molecule is CCCC[C@H](N)C(=O)N(CC(F)(F)F)C(C)C1CC1. The average Bonchev–Trinajstić information content (AvgIpc) is 3.14. The number of alkyl halides is 3. The molecule has 0 aliphatic heterocycles. The summed E-state index contributed by atoms with van der Waals surface area (Å²) in [5.74, 6) is -0.366. The number of halogens is 3. The number of hydrogen-bond acceptors (Lipinski definition) is 2. The highest BCUT2D eigenvalue weighted by molar-refractivity contribution is 5.82. The smallest absolute Gasteiger partial charge is 0.329 e. The van der Waals surface area contributed by atoms with Crippen LogP contribution in [0.15, 0.2) is 0 Å². The standard InChI is InChI=1S/C13H23F3N2O/c1-3-4-5-11(17)12(19)18(8-13(14,15)16)9(2)10-6-7-10/h9-11H,3-8,17H2,1-2H3/t9?,11-/m0/s1. The minimum absolute atomic E-state index is 0.199. The van der Waals surface area contributed by atoms with Crippen LogP contribution in [0.3, 0.4) is 0 Å². The Hall–Kier alpha value is -0.780. The number of carbonyl (C=O) groups excluding carboxylic acids is 1. The van der Waals surface area contributed by atoms with Gasteiger partial charge in [-0.1, -0.05) is 19.8 Å². The second kappa shape index (κ2) is 6.59. The molecule has 1 fully saturated rings. The third-order valence-corrected chi connectivity index (χ3v) is 3.61. The zero-order valence-corrected chi connectivity index (χ0v) is 11.5. The summed E-state index contributed by atoms with van der Waals surface area (Å²) in [5, 5.41) is 0. The molecule has 6 heteroatoms. The molecular formula is C13H23F3N2O. The van der Waals surface area contributed by atoms with Gasteiger partial charge in [0.2, 0.25) is 5.91 Å². The van der Waals surface area contributed by atoms with Gasteiger partial charge in [0.1, 0.15) is 6.54 Å². The van der Waals surface area contributed by atoms with Crippen LogP contribution in [-0.2, 0) is 4.79 Å². The Balaban J connectivity index is 2.68. The molecule has 0 aromatic rings. The molecule has 0 saturated heterocycles. The lowest BCUT2D eigenvalue weighted by molar-refractivity contribution is -0.166. The molecule has 0 heterocycles. The van der Waals surface area contributed by atoms with Crippen molar-refractivity contribution in [1.82, 2.24) is 4.90 Å². The van der Waals surface area contributed by atoms with Gasteiger partial charge in [-0.2, -0.15) is 13.2 Å². The van der Waals surface area contributed by atoms with Crippen LogP contribution in [-0.4, -0.2) is 35.6 Å². The first kappa shape index (κ1) is 16.3. The van der Waals surface area contributed by atoms with Crippen molar-refractivity contribution in [2.75, 3.05) is 6.54 Å². The summed E-state index contributed by atoms with van der Waals surface area (Å²) in [6.45, 7) is 2.45. The van der Waals surface area contributed by atoms with E-state index in [1.165, 1.54) is 0 Å². The zero-order valence-electron chi connectivity index (χ0n) is 11.5. The van der Waals surface area contributed by atoms with Crippen LogP contribution in [0, 0.1) is 5.92 Å². The third kappa shape index (κ3) is 5.38. The third-order valence-electron chi connectivity index (χ3n) is 3.61. The fourth-order valence-corrected chi connectivity index (χ4v) is 2.21. The maximum Gasteiger partial charge on any atom is 0.406 e. The van der Waals surface area contributed by atoms with Crippen LogP contribution in [0.25, 0.3) is 0 Å². The van der Waals surface area contributed by atoms with Crippen molar-refractivity contribution in [2.45, 2.75) is 64.2 Å². The topological polar surface area (TPSA) is 46.3 Å². The Morgan fingerprint density at radius 1 is 1.42 bits per heavy atom. The molecule has 0 spiro atoms. The monoisotopic (exact) mass is 280 g/mol. The molecular weight excluding hydrogens is 257 g/mol. The second-order valence-corrected chi connectivity index (χ2v) is 5.41. The first-order chi connectivity index (χ1) is 8.76. The van der Waals surface area contributed by atoms with E-state index in [0.29, 0.717) is 6.42 Å². The highest BCUT2D eigenvalue weighted by Crippen LogP contribution is 2.36. The summed E-state index contributed by atoms with van der Waals surface area (Å²) in [7, 11) is 0. The fourth-order valence-electron chi connectivity index (χ4n) is 2.21. The molecule has 2 atom stereocenters. The highest BCUT2D eigenvalue weighted by Gasteiger charge is 2.41. The van der Waals surface area contributed by atoms with Gasteiger partial charge in [0, 0.05) is 6.04 Å². The van der Waals surface area contributed by atoms with Crippen LogP contribution < -0.4 is 5.73 Å². The van der Waals surface area contributed by atoms with Gasteiger partial charge in [-0.3, -0.25) is 4.79 Å². The van der Waals surface area contributed by atoms with Crippen molar-refractivity contribution in [1.29, 1.82) is 0 Å². The van der Waals surface area contributed by atoms with E-state index in [-0.39, 0.29) is 12.0 Å². The number of hydrogen-bond donors (Lipinski definition) is 1. The number of amides is 1. The summed E-state index contributed by atoms with van der Waals surface area (Å²) in [4.78, 5) is 13.0. The van der Waals surface area contributed by atoms with Gasteiger partial charge in [-0.05, 0) is 32.1 Å². The normalized spacial score (nSPS) is 19.1. The Morgan fingerprint density at radius 2 is 2.00 bits per heavy atom. The van der Waals surface area contributed by atoms with E-state index in [1.54, 1.807) is 6.92 Å². The summed E-state index contributed by atoms with van der Waals surface area (Å²) >= 11 is 0. The van der Waals surface area contributed by atoms with Crippen LogP contribution in [0.1, 0.15) is 46.0 Å². The van der Waals surface area contributed by atoms with E-state index in [9.17, 15) is 18.0 Å². The predicted octanol–water partition coefficient (Wildman–Crippen LogP) is 2.69. The molecule has 112 valence electrons. The van der Waals surface area contributed by atoms with Crippen LogP contribution >= 0.6 is 0 Å². The molecule has 1 aliphatic rings. The summed E-state index contributed by atoms with van der Waals surface area (Å²) < 4.78 is 37.8. The molecule has 1 aliphatic carbocycles. The van der Waals surface area contributed by atoms with E-state index in [1.807, 2.05) is 6.92 Å². The summed E-state index contributed by atoms with van der Waals surface area (Å²) in [6, 6.07) is -1.19. The van der Waals surface area contributed by atoms with E-state index >= 15 is 0 Å². The first-order valence-corrected chi connectivity index (χ1v) is 6.89. The predicted molar refractivity (Wildman–Crippen MR) is 67.5 cm³/mol. The van der Waals surface area contributed by atoms with E-state index in [4.69, 9.17) is 5.73 Å². The number of nitrogens with zero attached hydrogens (tertiary/aromatic N) is 1. The molecule has 0 aromatic carbocycles. The van der Waals surface area contributed by atoms with Crippen LogP contribution in [0.4, 0.5) is 13.2 Å². The molecule has 1 unspecified atom stereocenters. The molecule has 1 saturated carbocycles. The van der Waals surface area contributed by atoms with Gasteiger partial charge in [-0.15, -0.1) is 0 Å². The molecule has 1 rings (SSSR count). The van der Waals surface area contributed by atoms with Crippen molar-refractivity contribution in [2.24, 2.45) is 11.7 Å². The molecule has 19 heavy (non-hydrogen) atoms. The number of nitrogens with two attached hydrogens (primary N) is 1. The minimum atomic E-state index is -4.37. The number of carbonyl (C=O) groups is 1. The first-order valence-electron chi connectivity index (χ1n) is 6.89. The Kier molecular flexibility index (Phi) is 5.64. The quantitative estimate of drug-likeness (QED) is 0.779. The summed E-state index contributed by atoms with van der Waals surface area (Å²) in [6.07, 6.45) is -0.507. The van der Waals surface area contributed by atoms with Crippen molar-refractivity contribution >= 4 is 5.91 Å². The zero-order chi connectivity index (χ0) is 14.6. The maximum absolute atomic E-state index is 12.6. The van der Waals surface area contributed by atoms with Gasteiger partial charge in [0.05, 0.1) is 6.04 Å². The lowest BCUT2D eigenvalue weighted by Crippen LogP contribution is -2.51. The average molecular weight is 280 g/mol. The lowest BCUT2D eigenvalue weighted by Gasteiger charge is -2.32. The highest BCUT2D eigenvalue weighted by atomic mass is 19.4. The Labute approximate surface area is 112 Å². The van der Waals surface area contributed by atoms with Gasteiger partial charge < -0.3 is 10.6 Å². The second-order valence-electron chi connectivity index (χ2n) is 5.41. The van der Waals surface area contributed by atoms with Crippen molar-refractivity contribution in [3.8, 4) is 0 Å². The lowest BCUT2D eigenvalue weighted by atomic mass is 10.1. The molecule has 0 aromatic heterocycles. The molecule has 1 amide bonds. The minimum Gasteiger partial charge on any atom is -0.329 e. The fraction of sp³-hybridized carbons (Fsp3) is 0.923. The Bertz CT molecular complexity index is 303. The van der Waals surface area contributed by atoms with E-state index in [2.05, 4.69) is 0 Å². The Morgan fingerprint density at radius 3 is 2.42 bits per heavy atom. The van der Waals surface area contributed by atoms with Crippen LogP contribution in [0.2, 0.25) is 0 Å². The van der Waals surface area contributed by atoms with E-state index < -0.39 is 24.7 Å². The number of unbranched alkanes of at least 4 members (excludes halogenated alkanes) is 1. The van der Waals surface area contributed by atoms with Gasteiger partial charge in [-0.25, -0.2) is 0 Å². The largest absolute Gasteiger partial charge is 0.406 e. The van der Waals surface area contributed by atoms with Gasteiger partial charge in [0.15, 0.2) is 0 Å². The van der Waals surface area contributed by atoms with Crippen molar-refractivity contribution in [3.63, 3.8) is 0 Å². The summed E-state index contributed by atoms with van der Waals surface area (Å²) in [5.41, 5.74) is 5.72. The van der Waals surface area contributed by atoms with Gasteiger partial charge in [0.25, 0.3) is 0 Å². The number of rotatable bonds is 7.